The van der Waals surface area contributed by atoms with Crippen molar-refractivity contribution < 1.29 is 4.74 Å². The molecular formula is C23H29N3O. The number of ether oxygens (including phenoxy) is 1. The van der Waals surface area contributed by atoms with Gasteiger partial charge in [0, 0.05) is 0 Å². The van der Waals surface area contributed by atoms with E-state index in [0.717, 1.165) is 55.1 Å². The highest BCUT2D eigenvalue weighted by Gasteiger charge is 2.22. The lowest BCUT2D eigenvalue weighted by Crippen LogP contribution is -2.33. The second-order valence-electron chi connectivity index (χ2n) is 7.23. The van der Waals surface area contributed by atoms with Gasteiger partial charge >= 0.3 is 0 Å². The fourth-order valence-electron chi connectivity index (χ4n) is 2.92. The molecule has 4 nitrogen and oxygen atoms in total. The Hall–Kier alpha value is -2.59. The van der Waals surface area contributed by atoms with Crippen LogP contribution < -0.4 is 10.5 Å². The van der Waals surface area contributed by atoms with E-state index in [1.807, 2.05) is 25.3 Å². The molecule has 3 rings (SSSR count). The van der Waals surface area contributed by atoms with Crippen LogP contribution in [0.5, 0.6) is 5.75 Å². The van der Waals surface area contributed by atoms with Gasteiger partial charge in [0.2, 0.25) is 0 Å². The first-order chi connectivity index (χ1) is 13.1. The van der Waals surface area contributed by atoms with Gasteiger partial charge in [-0.3, -0.25) is 0 Å². The smallest absolute Gasteiger partial charge is 0.126 e. The molecule has 2 aromatic carbocycles. The summed E-state index contributed by atoms with van der Waals surface area (Å²) in [4.78, 5) is 7.78. The molecule has 1 heterocycles. The largest absolute Gasteiger partial charge is 0.494 e. The van der Waals surface area contributed by atoms with Gasteiger partial charge in [-0.1, -0.05) is 37.3 Å². The van der Waals surface area contributed by atoms with Gasteiger partial charge in [-0.15, -0.1) is 0 Å². The number of rotatable bonds is 9. The van der Waals surface area contributed by atoms with Crippen molar-refractivity contribution in [2.75, 3.05) is 6.61 Å². The zero-order valence-electron chi connectivity index (χ0n) is 16.2. The van der Waals surface area contributed by atoms with Gasteiger partial charge in [0.1, 0.15) is 11.6 Å². The van der Waals surface area contributed by atoms with Gasteiger partial charge in [-0.2, -0.15) is 0 Å². The molecule has 3 N–H and O–H groups in total. The molecule has 0 bridgehead atoms. The van der Waals surface area contributed by atoms with Crippen molar-refractivity contribution >= 4 is 0 Å². The molecule has 0 amide bonds. The average Bonchev–Trinajstić information content (AvgIpc) is 3.20. The van der Waals surface area contributed by atoms with Gasteiger partial charge in [-0.05, 0) is 68.0 Å². The normalized spacial score (nSPS) is 13.3. The quantitative estimate of drug-likeness (QED) is 0.522. The lowest BCUT2D eigenvalue weighted by atomic mass is 10.00. The fourth-order valence-corrected chi connectivity index (χ4v) is 2.92. The molecule has 0 spiro atoms. The number of benzene rings is 2. The lowest BCUT2D eigenvalue weighted by molar-refractivity contribution is 0.307. The molecule has 0 radical (unpaired) electrons. The molecule has 4 heteroatoms. The van der Waals surface area contributed by atoms with E-state index in [1.165, 1.54) is 5.56 Å². The third-order valence-electron chi connectivity index (χ3n) is 4.99. The third kappa shape index (κ3) is 5.20. The van der Waals surface area contributed by atoms with Crippen molar-refractivity contribution in [3.8, 4) is 17.0 Å². The second kappa shape index (κ2) is 8.87. The number of unbranched alkanes of at least 4 members (excludes halogenated alkanes) is 1. The summed E-state index contributed by atoms with van der Waals surface area (Å²) in [6.07, 6.45) is 5.95. The Morgan fingerprint density at radius 1 is 1.04 bits per heavy atom. The van der Waals surface area contributed by atoms with Gasteiger partial charge < -0.3 is 15.5 Å². The predicted octanol–water partition coefficient (Wildman–Crippen LogP) is 5.06. The Kier molecular flexibility index (Phi) is 6.30. The maximum atomic E-state index is 6.26. The molecule has 0 aliphatic heterocycles. The van der Waals surface area contributed by atoms with Crippen LogP contribution in [-0.2, 0) is 12.0 Å². The molecule has 3 aromatic rings. The van der Waals surface area contributed by atoms with Gasteiger partial charge in [-0.25, -0.2) is 4.98 Å². The molecule has 0 aliphatic carbocycles. The maximum absolute atomic E-state index is 6.26. The Bertz CT molecular complexity index is 822. The number of nitrogens with zero attached hydrogens (tertiary/aromatic N) is 1. The molecule has 27 heavy (non-hydrogen) atoms. The second-order valence-corrected chi connectivity index (χ2v) is 7.23. The van der Waals surface area contributed by atoms with E-state index in [4.69, 9.17) is 10.5 Å². The summed E-state index contributed by atoms with van der Waals surface area (Å²) in [5.41, 5.74) is 9.27. The minimum Gasteiger partial charge on any atom is -0.494 e. The number of nitrogens with two attached hydrogens (primary N) is 1. The summed E-state index contributed by atoms with van der Waals surface area (Å²) in [6, 6.07) is 18.7. The summed E-state index contributed by atoms with van der Waals surface area (Å²) in [7, 11) is 0. The van der Waals surface area contributed by atoms with E-state index in [2.05, 4.69) is 59.4 Å². The van der Waals surface area contributed by atoms with Crippen molar-refractivity contribution in [3.63, 3.8) is 0 Å². The van der Waals surface area contributed by atoms with Gasteiger partial charge in [0.25, 0.3) is 0 Å². The van der Waals surface area contributed by atoms with Crippen LogP contribution in [0.3, 0.4) is 0 Å². The molecule has 0 saturated heterocycles. The van der Waals surface area contributed by atoms with Crippen molar-refractivity contribution in [1.29, 1.82) is 0 Å². The molecule has 0 aliphatic rings. The Morgan fingerprint density at radius 2 is 1.78 bits per heavy atom. The average molecular weight is 364 g/mol. The fraction of sp³-hybridized carbons (Fsp3) is 0.348. The first kappa shape index (κ1) is 19.2. The number of nitrogens with one attached hydrogen (secondary N) is 1. The number of aromatic amines is 1. The van der Waals surface area contributed by atoms with E-state index in [9.17, 15) is 0 Å². The topological polar surface area (TPSA) is 63.9 Å². The summed E-state index contributed by atoms with van der Waals surface area (Å²) >= 11 is 0. The van der Waals surface area contributed by atoms with Crippen molar-refractivity contribution in [1.82, 2.24) is 9.97 Å². The van der Waals surface area contributed by atoms with Crippen LogP contribution in [0.4, 0.5) is 0 Å². The molecule has 142 valence electrons. The Morgan fingerprint density at radius 3 is 2.48 bits per heavy atom. The Labute approximate surface area is 161 Å². The zero-order chi connectivity index (χ0) is 19.1. The van der Waals surface area contributed by atoms with Crippen molar-refractivity contribution in [2.24, 2.45) is 5.73 Å². The minimum absolute atomic E-state index is 0.430. The predicted molar refractivity (Wildman–Crippen MR) is 111 cm³/mol. The number of aryl methyl sites for hydroxylation is 1. The highest BCUT2D eigenvalue weighted by Crippen LogP contribution is 2.24. The lowest BCUT2D eigenvalue weighted by Gasteiger charge is -2.19. The van der Waals surface area contributed by atoms with E-state index in [0.29, 0.717) is 0 Å². The van der Waals surface area contributed by atoms with Crippen LogP contribution in [0.1, 0.15) is 44.5 Å². The first-order valence-electron chi connectivity index (χ1n) is 9.70. The number of hydrogen-bond donors (Lipinski definition) is 2. The zero-order valence-corrected chi connectivity index (χ0v) is 16.2. The van der Waals surface area contributed by atoms with Crippen LogP contribution in [0, 0.1) is 0 Å². The summed E-state index contributed by atoms with van der Waals surface area (Å²) in [6.45, 7) is 4.79. The van der Waals surface area contributed by atoms with Crippen molar-refractivity contribution in [2.45, 2.75) is 45.1 Å². The first-order valence-corrected chi connectivity index (χ1v) is 9.70. The van der Waals surface area contributed by atoms with Gasteiger partial charge in [0.15, 0.2) is 0 Å². The Balaban J connectivity index is 1.47. The minimum atomic E-state index is -0.430. The third-order valence-corrected chi connectivity index (χ3v) is 4.99. The molecule has 0 saturated carbocycles. The molecule has 0 fully saturated rings. The maximum Gasteiger partial charge on any atom is 0.126 e. The van der Waals surface area contributed by atoms with Crippen molar-refractivity contribution in [3.05, 3.63) is 72.2 Å². The van der Waals surface area contributed by atoms with Crippen LogP contribution in [-0.4, -0.2) is 16.6 Å². The van der Waals surface area contributed by atoms with E-state index >= 15 is 0 Å². The number of H-pyrrole nitrogens is 1. The van der Waals surface area contributed by atoms with E-state index in [1.54, 1.807) is 0 Å². The van der Waals surface area contributed by atoms with Gasteiger partial charge in [0.05, 0.1) is 24.0 Å². The van der Waals surface area contributed by atoms with Crippen LogP contribution in [0.2, 0.25) is 0 Å². The molecule has 0 unspecified atom stereocenters. The number of aromatic nitrogens is 2. The van der Waals surface area contributed by atoms with E-state index in [-0.39, 0.29) is 0 Å². The van der Waals surface area contributed by atoms with Crippen LogP contribution >= 0.6 is 0 Å². The standard InChI is InChI=1S/C23H29N3O/c1-3-23(2,24)22-25-17-21(26-22)19-12-14-20(15-13-19)27-16-8-7-11-18-9-5-4-6-10-18/h4-6,9-10,12-15,17H,3,7-8,11,16,24H2,1-2H3,(H,25,26)/t23-/m0/s1. The van der Waals surface area contributed by atoms with Crippen LogP contribution in [0.25, 0.3) is 11.3 Å². The molecule has 1 atom stereocenters. The van der Waals surface area contributed by atoms with Crippen LogP contribution in [0.15, 0.2) is 60.8 Å². The summed E-state index contributed by atoms with van der Waals surface area (Å²) in [5.74, 6) is 1.72. The molecular weight excluding hydrogens is 334 g/mol. The summed E-state index contributed by atoms with van der Waals surface area (Å²) in [5, 5.41) is 0. The highest BCUT2D eigenvalue weighted by atomic mass is 16.5. The molecule has 1 aromatic heterocycles. The summed E-state index contributed by atoms with van der Waals surface area (Å²) < 4.78 is 5.87. The van der Waals surface area contributed by atoms with E-state index < -0.39 is 5.54 Å². The highest BCUT2D eigenvalue weighted by molar-refractivity contribution is 5.59. The SMILES string of the molecule is CC[C@](C)(N)c1ncc(-c2ccc(OCCCCc3ccccc3)cc2)[nH]1. The monoisotopic (exact) mass is 363 g/mol. The number of imidazole rings is 1. The number of hydrogen-bond acceptors (Lipinski definition) is 3.